The zero-order valence-corrected chi connectivity index (χ0v) is 12.8. The van der Waals surface area contributed by atoms with Crippen molar-refractivity contribution in [3.05, 3.63) is 45.4 Å². The molecule has 0 radical (unpaired) electrons. The number of hydrogen-bond donors (Lipinski definition) is 1. The van der Waals surface area contributed by atoms with Gasteiger partial charge in [-0.1, -0.05) is 12.1 Å². The van der Waals surface area contributed by atoms with Gasteiger partial charge in [0.05, 0.1) is 17.8 Å². The maximum Gasteiger partial charge on any atom is 0.118 e. The van der Waals surface area contributed by atoms with Crippen molar-refractivity contribution in [2.24, 2.45) is 0 Å². The van der Waals surface area contributed by atoms with E-state index in [0.717, 1.165) is 24.6 Å². The predicted octanol–water partition coefficient (Wildman–Crippen LogP) is 3.34. The quantitative estimate of drug-likeness (QED) is 0.885. The van der Waals surface area contributed by atoms with Crippen LogP contribution in [0.2, 0.25) is 0 Å². The number of hydrogen-bond acceptors (Lipinski definition) is 4. The van der Waals surface area contributed by atoms with Crippen molar-refractivity contribution in [2.45, 2.75) is 31.7 Å². The van der Waals surface area contributed by atoms with Gasteiger partial charge in [-0.2, -0.15) is 0 Å². The first-order chi connectivity index (χ1) is 9.80. The van der Waals surface area contributed by atoms with E-state index in [1.165, 1.54) is 34.0 Å². The van der Waals surface area contributed by atoms with Gasteiger partial charge in [-0.25, -0.2) is 4.98 Å². The van der Waals surface area contributed by atoms with Crippen LogP contribution >= 0.6 is 11.3 Å². The maximum atomic E-state index is 5.19. The maximum absolute atomic E-state index is 5.19. The highest BCUT2D eigenvalue weighted by Crippen LogP contribution is 2.42. The second-order valence-electron chi connectivity index (χ2n) is 5.25. The molecule has 0 saturated heterocycles. The first kappa shape index (κ1) is 13.6. The fraction of sp³-hybridized carbons (Fsp3) is 0.438. The summed E-state index contributed by atoms with van der Waals surface area (Å²) in [5.74, 6) is 1.63. The van der Waals surface area contributed by atoms with Gasteiger partial charge in [0.15, 0.2) is 0 Å². The van der Waals surface area contributed by atoms with Gasteiger partial charge in [0.25, 0.3) is 0 Å². The molecule has 0 spiro atoms. The number of aromatic nitrogens is 1. The molecule has 4 heteroatoms. The summed E-state index contributed by atoms with van der Waals surface area (Å²) < 4.78 is 5.19. The van der Waals surface area contributed by atoms with E-state index in [1.54, 1.807) is 7.11 Å². The highest BCUT2D eigenvalue weighted by molar-refractivity contribution is 7.11. The van der Waals surface area contributed by atoms with E-state index >= 15 is 0 Å². The lowest BCUT2D eigenvalue weighted by Gasteiger charge is -2.01. The van der Waals surface area contributed by atoms with Crippen molar-refractivity contribution in [1.29, 1.82) is 0 Å². The van der Waals surface area contributed by atoms with Crippen molar-refractivity contribution in [3.8, 4) is 5.75 Å². The molecule has 1 N–H and O–H groups in total. The van der Waals surface area contributed by atoms with Crippen LogP contribution in [0.1, 0.15) is 39.9 Å². The molecule has 1 aliphatic carbocycles. The van der Waals surface area contributed by atoms with Crippen molar-refractivity contribution in [1.82, 2.24) is 10.3 Å². The number of ether oxygens (including phenoxy) is 1. The van der Waals surface area contributed by atoms with E-state index in [-0.39, 0.29) is 0 Å². The number of nitrogens with zero attached hydrogens (tertiary/aromatic N) is 1. The summed E-state index contributed by atoms with van der Waals surface area (Å²) in [6.07, 6.45) is 3.53. The molecule has 0 bridgehead atoms. The lowest BCUT2D eigenvalue weighted by molar-refractivity contribution is 0.414. The smallest absolute Gasteiger partial charge is 0.118 e. The third-order valence-electron chi connectivity index (χ3n) is 3.59. The fourth-order valence-corrected chi connectivity index (χ4v) is 3.57. The van der Waals surface area contributed by atoms with Crippen LogP contribution in [0, 0.1) is 0 Å². The summed E-state index contributed by atoms with van der Waals surface area (Å²) in [5.41, 5.74) is 2.63. The van der Waals surface area contributed by atoms with Gasteiger partial charge in [0.1, 0.15) is 5.75 Å². The lowest BCUT2D eigenvalue weighted by atomic mass is 10.1. The Balaban J connectivity index is 1.77. The van der Waals surface area contributed by atoms with Gasteiger partial charge in [-0.05, 0) is 37.6 Å². The molecule has 0 atom stereocenters. The molecular formula is C16H20N2OS. The van der Waals surface area contributed by atoms with Crippen molar-refractivity contribution < 1.29 is 4.74 Å². The van der Waals surface area contributed by atoms with Crippen molar-refractivity contribution in [3.63, 3.8) is 0 Å². The third kappa shape index (κ3) is 3.02. The zero-order chi connectivity index (χ0) is 13.9. The number of methoxy groups -OCH3 is 1. The minimum atomic E-state index is 0.721. The number of benzene rings is 1. The minimum absolute atomic E-state index is 0.721. The normalized spacial score (nSPS) is 14.5. The molecule has 1 aromatic heterocycles. The molecule has 1 aromatic carbocycles. The Bertz CT molecular complexity index is 573. The minimum Gasteiger partial charge on any atom is -0.497 e. The summed E-state index contributed by atoms with van der Waals surface area (Å²) >= 11 is 1.85. The molecule has 3 nitrogen and oxygen atoms in total. The van der Waals surface area contributed by atoms with Gasteiger partial charge in [-0.15, -0.1) is 11.3 Å². The predicted molar refractivity (Wildman–Crippen MR) is 82.7 cm³/mol. The Hall–Kier alpha value is -1.39. The Morgan fingerprint density at radius 1 is 1.30 bits per heavy atom. The van der Waals surface area contributed by atoms with Gasteiger partial charge in [-0.3, -0.25) is 0 Å². The molecule has 1 aliphatic rings. The van der Waals surface area contributed by atoms with Crippen LogP contribution in [0.5, 0.6) is 5.75 Å². The van der Waals surface area contributed by atoms with Crippen LogP contribution in [0.25, 0.3) is 0 Å². The van der Waals surface area contributed by atoms with Crippen LogP contribution in [-0.2, 0) is 13.0 Å². The van der Waals surface area contributed by atoms with Gasteiger partial charge in [0.2, 0.25) is 0 Å². The van der Waals surface area contributed by atoms with E-state index in [4.69, 9.17) is 9.72 Å². The molecule has 3 rings (SSSR count). The first-order valence-electron chi connectivity index (χ1n) is 7.06. The lowest BCUT2D eigenvalue weighted by Crippen LogP contribution is -2.05. The molecular weight excluding hydrogens is 268 g/mol. The summed E-state index contributed by atoms with van der Waals surface area (Å²) in [4.78, 5) is 6.29. The molecule has 0 unspecified atom stereocenters. The summed E-state index contributed by atoms with van der Waals surface area (Å²) in [6.45, 7) is 0.937. The molecule has 106 valence electrons. The van der Waals surface area contributed by atoms with Crippen LogP contribution < -0.4 is 10.1 Å². The molecule has 2 aromatic rings. The third-order valence-corrected chi connectivity index (χ3v) is 4.66. The average Bonchev–Trinajstić information content (AvgIpc) is 3.24. The highest BCUT2D eigenvalue weighted by Gasteiger charge is 2.29. The van der Waals surface area contributed by atoms with Gasteiger partial charge < -0.3 is 10.1 Å². The average molecular weight is 288 g/mol. The van der Waals surface area contributed by atoms with E-state index in [9.17, 15) is 0 Å². The number of rotatable bonds is 6. The van der Waals surface area contributed by atoms with E-state index in [1.807, 2.05) is 30.5 Å². The Kier molecular flexibility index (Phi) is 4.03. The topological polar surface area (TPSA) is 34.1 Å². The Morgan fingerprint density at radius 3 is 2.65 bits per heavy atom. The van der Waals surface area contributed by atoms with Gasteiger partial charge in [0, 0.05) is 23.8 Å². The molecule has 0 aliphatic heterocycles. The second kappa shape index (κ2) is 5.94. The molecule has 0 amide bonds. The second-order valence-corrected chi connectivity index (χ2v) is 6.41. The Labute approximate surface area is 124 Å². The van der Waals surface area contributed by atoms with Crippen molar-refractivity contribution >= 4 is 11.3 Å². The summed E-state index contributed by atoms with van der Waals surface area (Å²) in [6, 6.07) is 8.27. The molecule has 1 saturated carbocycles. The SMILES string of the molecule is CNCc1sc(Cc2ccc(OC)cc2)nc1C1CC1. The van der Waals surface area contributed by atoms with E-state index < -0.39 is 0 Å². The summed E-state index contributed by atoms with van der Waals surface area (Å²) in [7, 11) is 3.70. The van der Waals surface area contributed by atoms with Crippen LogP contribution in [0.4, 0.5) is 0 Å². The number of nitrogens with one attached hydrogen (secondary N) is 1. The Morgan fingerprint density at radius 2 is 2.05 bits per heavy atom. The fourth-order valence-electron chi connectivity index (χ4n) is 2.37. The van der Waals surface area contributed by atoms with Crippen LogP contribution in [0.15, 0.2) is 24.3 Å². The van der Waals surface area contributed by atoms with Gasteiger partial charge >= 0.3 is 0 Å². The van der Waals surface area contributed by atoms with Crippen LogP contribution in [-0.4, -0.2) is 19.1 Å². The zero-order valence-electron chi connectivity index (χ0n) is 12.0. The summed E-state index contributed by atoms with van der Waals surface area (Å²) in [5, 5.41) is 4.48. The largest absolute Gasteiger partial charge is 0.497 e. The van der Waals surface area contributed by atoms with E-state index in [2.05, 4.69) is 17.4 Å². The van der Waals surface area contributed by atoms with Crippen molar-refractivity contribution in [2.75, 3.05) is 14.2 Å². The van der Waals surface area contributed by atoms with Crippen LogP contribution in [0.3, 0.4) is 0 Å². The number of thiazole rings is 1. The van der Waals surface area contributed by atoms with E-state index in [0.29, 0.717) is 0 Å². The standard InChI is InChI=1S/C16H20N2OS/c1-17-10-14-16(12-5-6-12)18-15(20-14)9-11-3-7-13(19-2)8-4-11/h3-4,7-8,12,17H,5-6,9-10H2,1-2H3. The monoisotopic (exact) mass is 288 g/mol. The highest BCUT2D eigenvalue weighted by atomic mass is 32.1. The molecule has 1 heterocycles. The molecule has 1 fully saturated rings. The first-order valence-corrected chi connectivity index (χ1v) is 7.88. The molecule has 20 heavy (non-hydrogen) atoms.